The maximum Gasteiger partial charge on any atom is 0.244 e. The summed E-state index contributed by atoms with van der Waals surface area (Å²) in [6.45, 7) is 2.62. The molecule has 0 aliphatic carbocycles. The van der Waals surface area contributed by atoms with Gasteiger partial charge in [0, 0.05) is 17.9 Å². The molecule has 3 atom stereocenters. The highest BCUT2D eigenvalue weighted by Crippen LogP contribution is 2.11. The van der Waals surface area contributed by atoms with Crippen molar-refractivity contribution in [3.05, 3.63) is 29.8 Å². The lowest BCUT2D eigenvalue weighted by molar-refractivity contribution is -0.131. The number of carbonyl (C=O) groups excluding carboxylic acids is 3. The molecule has 0 spiro atoms. The summed E-state index contributed by atoms with van der Waals surface area (Å²) in [6.07, 6.45) is 1.01. The third kappa shape index (κ3) is 7.99. The number of nitrogens with one attached hydrogen (secondary N) is 3. The minimum absolute atomic E-state index is 0.0509. The molecule has 0 aliphatic heterocycles. The summed E-state index contributed by atoms with van der Waals surface area (Å²) in [7, 11) is 0. The molecule has 0 aliphatic rings. The molecule has 0 saturated carbocycles. The first-order valence-corrected chi connectivity index (χ1v) is 10.2. The third-order valence-electron chi connectivity index (χ3n) is 3.99. The number of aromatic hydroxyl groups is 1. The Morgan fingerprint density at radius 2 is 1.54 bits per heavy atom. The van der Waals surface area contributed by atoms with Crippen molar-refractivity contribution in [1.29, 1.82) is 0 Å². The summed E-state index contributed by atoms with van der Waals surface area (Å²) < 4.78 is 0. The zero-order valence-electron chi connectivity index (χ0n) is 15.7. The first-order valence-electron chi connectivity index (χ1n) is 8.95. The molecule has 0 bridgehead atoms. The maximum atomic E-state index is 12.5. The fourth-order valence-electron chi connectivity index (χ4n) is 2.39. The van der Waals surface area contributed by atoms with Gasteiger partial charge in [-0.3, -0.25) is 14.4 Å². The Balaban J connectivity index is 2.74. The van der Waals surface area contributed by atoms with E-state index in [-0.39, 0.29) is 29.6 Å². The highest BCUT2D eigenvalue weighted by atomic mass is 32.1. The molecule has 156 valence electrons. The van der Waals surface area contributed by atoms with Gasteiger partial charge in [0.05, 0.1) is 6.04 Å². The Bertz CT molecular complexity index is 657. The van der Waals surface area contributed by atoms with Crippen LogP contribution in [0.15, 0.2) is 24.3 Å². The Morgan fingerprint density at radius 1 is 1.00 bits per heavy atom. The summed E-state index contributed by atoms with van der Waals surface area (Å²) in [4.78, 5) is 36.6. The number of hydrogen-bond acceptors (Lipinski definition) is 7. The highest BCUT2D eigenvalue weighted by Gasteiger charge is 2.27. The van der Waals surface area contributed by atoms with Crippen LogP contribution in [0.4, 0.5) is 0 Å². The molecule has 10 heteroatoms. The van der Waals surface area contributed by atoms with Crippen LogP contribution in [-0.4, -0.2) is 59.0 Å². The molecule has 1 aromatic rings. The normalized spacial score (nSPS) is 14.0. The minimum Gasteiger partial charge on any atom is -0.508 e. The molecule has 1 rings (SSSR count). The lowest BCUT2D eigenvalue weighted by Gasteiger charge is -2.23. The minimum atomic E-state index is -0.963. The van der Waals surface area contributed by atoms with E-state index in [9.17, 15) is 19.5 Å². The molecule has 0 heterocycles. The first kappa shape index (κ1) is 24.1. The predicted molar refractivity (Wildman–Crippen MR) is 115 cm³/mol. The van der Waals surface area contributed by atoms with Gasteiger partial charge in [0.2, 0.25) is 17.7 Å². The van der Waals surface area contributed by atoms with Crippen LogP contribution in [0.5, 0.6) is 5.75 Å². The zero-order chi connectivity index (χ0) is 21.1. The average Bonchev–Trinajstić information content (AvgIpc) is 2.67. The van der Waals surface area contributed by atoms with Crippen molar-refractivity contribution in [1.82, 2.24) is 16.0 Å². The number of amides is 3. The van der Waals surface area contributed by atoms with Gasteiger partial charge in [-0.1, -0.05) is 19.1 Å². The zero-order valence-corrected chi connectivity index (χ0v) is 17.5. The van der Waals surface area contributed by atoms with Crippen LogP contribution in [-0.2, 0) is 20.8 Å². The molecule has 1 aromatic carbocycles. The smallest absolute Gasteiger partial charge is 0.244 e. The van der Waals surface area contributed by atoms with Crippen LogP contribution in [0.25, 0.3) is 0 Å². The number of phenolic OH excluding ortho intramolecular Hbond substituents is 1. The molecule has 6 N–H and O–H groups in total. The maximum absolute atomic E-state index is 12.5. The molecule has 8 nitrogen and oxygen atoms in total. The van der Waals surface area contributed by atoms with Crippen LogP contribution >= 0.6 is 25.3 Å². The number of phenols is 1. The number of carbonyl (C=O) groups is 3. The first-order chi connectivity index (χ1) is 13.3. The topological polar surface area (TPSA) is 134 Å². The van der Waals surface area contributed by atoms with Crippen molar-refractivity contribution in [3.63, 3.8) is 0 Å². The fourth-order valence-corrected chi connectivity index (χ4v) is 2.94. The average molecular weight is 429 g/mol. The fraction of sp³-hybridized carbons (Fsp3) is 0.500. The standard InChI is InChI=1S/C18H28N4O4S2/c1-2-7-20-14(9-27)17(25)22-15(10-28)18(26)21-13(16(19)24)8-11-3-5-12(23)6-4-11/h3-6,13-15,20,23,27-28H,2,7-10H2,1H3,(H2,19,24)(H,21,26)(H,22,25)/t13-,14-,15-/m0/s1. The van der Waals surface area contributed by atoms with Crippen LogP contribution in [0.1, 0.15) is 18.9 Å². The number of primary amides is 1. The molecule has 0 saturated heterocycles. The van der Waals surface area contributed by atoms with Gasteiger partial charge in [0.25, 0.3) is 0 Å². The largest absolute Gasteiger partial charge is 0.508 e. The van der Waals surface area contributed by atoms with Gasteiger partial charge >= 0.3 is 0 Å². The summed E-state index contributed by atoms with van der Waals surface area (Å²) in [5.41, 5.74) is 6.12. The lowest BCUT2D eigenvalue weighted by atomic mass is 10.0. The van der Waals surface area contributed by atoms with Gasteiger partial charge in [-0.15, -0.1) is 0 Å². The van der Waals surface area contributed by atoms with Crippen LogP contribution in [0, 0.1) is 0 Å². The monoisotopic (exact) mass is 428 g/mol. The van der Waals surface area contributed by atoms with Crippen molar-refractivity contribution in [2.75, 3.05) is 18.1 Å². The summed E-state index contributed by atoms with van der Waals surface area (Å²) >= 11 is 8.28. The molecule has 3 amide bonds. The van der Waals surface area contributed by atoms with Gasteiger partial charge in [-0.25, -0.2) is 0 Å². The number of nitrogens with two attached hydrogens (primary N) is 1. The third-order valence-corrected chi connectivity index (χ3v) is 4.72. The molecule has 0 aromatic heterocycles. The van der Waals surface area contributed by atoms with Gasteiger partial charge in [0.15, 0.2) is 0 Å². The van der Waals surface area contributed by atoms with E-state index in [1.807, 2.05) is 6.92 Å². The summed E-state index contributed by atoms with van der Waals surface area (Å²) in [5, 5.41) is 17.6. The Labute approximate surface area is 175 Å². The van der Waals surface area contributed by atoms with E-state index in [2.05, 4.69) is 41.2 Å². The Morgan fingerprint density at radius 3 is 2.04 bits per heavy atom. The second kappa shape index (κ2) is 12.5. The lowest BCUT2D eigenvalue weighted by Crippen LogP contribution is -2.57. The molecule has 0 unspecified atom stereocenters. The summed E-state index contributed by atoms with van der Waals surface area (Å²) in [6, 6.07) is 3.79. The van der Waals surface area contributed by atoms with E-state index >= 15 is 0 Å². The SMILES string of the molecule is CCCN[C@@H](CS)C(=O)N[C@@H](CS)C(=O)N[C@@H](Cc1ccc(O)cc1)C(N)=O. The van der Waals surface area contributed by atoms with E-state index in [0.29, 0.717) is 12.1 Å². The quantitative estimate of drug-likeness (QED) is 0.228. The van der Waals surface area contributed by atoms with Crippen LogP contribution in [0.3, 0.4) is 0 Å². The molecule has 0 fully saturated rings. The van der Waals surface area contributed by atoms with E-state index in [0.717, 1.165) is 6.42 Å². The molecule has 28 heavy (non-hydrogen) atoms. The molecular formula is C18H28N4O4S2. The van der Waals surface area contributed by atoms with Gasteiger partial charge in [-0.2, -0.15) is 25.3 Å². The van der Waals surface area contributed by atoms with Crippen molar-refractivity contribution < 1.29 is 19.5 Å². The number of rotatable bonds is 12. The van der Waals surface area contributed by atoms with Gasteiger partial charge in [0.1, 0.15) is 17.8 Å². The van der Waals surface area contributed by atoms with Crippen molar-refractivity contribution >= 4 is 43.0 Å². The number of thiol groups is 2. The van der Waals surface area contributed by atoms with E-state index in [1.165, 1.54) is 12.1 Å². The van der Waals surface area contributed by atoms with Crippen LogP contribution < -0.4 is 21.7 Å². The molecular weight excluding hydrogens is 400 g/mol. The van der Waals surface area contributed by atoms with Crippen LogP contribution in [0.2, 0.25) is 0 Å². The predicted octanol–water partition coefficient (Wildman–Crippen LogP) is -0.383. The number of hydrogen-bond donors (Lipinski definition) is 7. The Hall–Kier alpha value is -1.91. The second-order valence-electron chi connectivity index (χ2n) is 6.27. The van der Waals surface area contributed by atoms with E-state index in [4.69, 9.17) is 5.73 Å². The second-order valence-corrected chi connectivity index (χ2v) is 7.00. The van der Waals surface area contributed by atoms with Crippen molar-refractivity contribution in [2.45, 2.75) is 37.9 Å². The van der Waals surface area contributed by atoms with Crippen molar-refractivity contribution in [3.8, 4) is 5.75 Å². The number of benzene rings is 1. The van der Waals surface area contributed by atoms with E-state index < -0.39 is 29.9 Å². The van der Waals surface area contributed by atoms with E-state index in [1.54, 1.807) is 12.1 Å². The Kier molecular flexibility index (Phi) is 10.8. The highest BCUT2D eigenvalue weighted by molar-refractivity contribution is 7.80. The van der Waals surface area contributed by atoms with Crippen molar-refractivity contribution in [2.24, 2.45) is 5.73 Å². The van der Waals surface area contributed by atoms with Gasteiger partial charge in [-0.05, 0) is 30.7 Å². The summed E-state index contributed by atoms with van der Waals surface area (Å²) in [5.74, 6) is -1.21. The molecule has 0 radical (unpaired) electrons. The van der Waals surface area contributed by atoms with Gasteiger partial charge < -0.3 is 26.8 Å².